The highest BCUT2D eigenvalue weighted by Crippen LogP contribution is 2.20. The molecule has 0 saturated heterocycles. The number of carbonyl (C=O) groups is 1. The van der Waals surface area contributed by atoms with Gasteiger partial charge < -0.3 is 9.84 Å². The molecule has 0 fully saturated rings. The largest absolute Gasteiger partial charge is 0.478 e. The summed E-state index contributed by atoms with van der Waals surface area (Å²) in [5, 5.41) is 8.83. The van der Waals surface area contributed by atoms with Gasteiger partial charge in [0.05, 0.1) is 5.56 Å². The molecule has 0 unspecified atom stereocenters. The molecule has 0 spiro atoms. The fraction of sp³-hybridized carbons (Fsp3) is 0. The maximum absolute atomic E-state index is 10.8. The summed E-state index contributed by atoms with van der Waals surface area (Å²) in [5.41, 5.74) is 0.153. The molecule has 0 aliphatic rings. The molecule has 1 aromatic carbocycles. The van der Waals surface area contributed by atoms with Gasteiger partial charge in [-0.3, -0.25) is 0 Å². The van der Waals surface area contributed by atoms with Crippen molar-refractivity contribution in [3.63, 3.8) is 0 Å². The number of aromatic carboxylic acids is 1. The Bertz CT molecular complexity index is 540. The summed E-state index contributed by atoms with van der Waals surface area (Å²) in [6.45, 7) is 0. The van der Waals surface area contributed by atoms with Crippen molar-refractivity contribution in [1.29, 1.82) is 0 Å². The van der Waals surface area contributed by atoms with E-state index in [1.165, 1.54) is 18.3 Å². The summed E-state index contributed by atoms with van der Waals surface area (Å²) in [7, 11) is 0. The maximum Gasteiger partial charge on any atom is 0.335 e. The summed E-state index contributed by atoms with van der Waals surface area (Å²) in [6, 6.07) is 10.2. The van der Waals surface area contributed by atoms with Crippen LogP contribution in [0.3, 0.4) is 0 Å². The predicted octanol–water partition coefficient (Wildman–Crippen LogP) is 3.18. The van der Waals surface area contributed by atoms with E-state index in [2.05, 4.69) is 27.6 Å². The SMILES string of the molecule is O=C(O)c1ccnc(Oc2ccc(I)cc2)c1. The molecule has 0 bridgehead atoms. The fourth-order valence-corrected chi connectivity index (χ4v) is 1.58. The number of hydrogen-bond donors (Lipinski definition) is 1. The lowest BCUT2D eigenvalue weighted by Gasteiger charge is -2.04. The lowest BCUT2D eigenvalue weighted by molar-refractivity contribution is 0.0696. The standard InChI is InChI=1S/C12H8INO3/c13-9-1-3-10(4-2-9)17-11-7-8(12(15)16)5-6-14-11/h1-7H,(H,15,16). The van der Waals surface area contributed by atoms with Crippen LogP contribution in [0.5, 0.6) is 11.6 Å². The average molecular weight is 341 g/mol. The summed E-state index contributed by atoms with van der Waals surface area (Å²) in [4.78, 5) is 14.7. The van der Waals surface area contributed by atoms with Crippen molar-refractivity contribution in [2.45, 2.75) is 0 Å². The number of nitrogens with zero attached hydrogens (tertiary/aromatic N) is 1. The van der Waals surface area contributed by atoms with Gasteiger partial charge in [-0.15, -0.1) is 0 Å². The third-order valence-corrected chi connectivity index (χ3v) is 2.74. The Hall–Kier alpha value is -1.63. The number of carboxylic acid groups (broad SMARTS) is 1. The highest BCUT2D eigenvalue weighted by Gasteiger charge is 2.05. The van der Waals surface area contributed by atoms with Crippen molar-refractivity contribution in [1.82, 2.24) is 4.98 Å². The molecule has 0 saturated carbocycles. The molecule has 0 aliphatic heterocycles. The minimum Gasteiger partial charge on any atom is -0.478 e. The minimum absolute atomic E-state index is 0.153. The number of aromatic nitrogens is 1. The van der Waals surface area contributed by atoms with Crippen LogP contribution in [0.15, 0.2) is 42.6 Å². The number of halogens is 1. The van der Waals surface area contributed by atoms with E-state index >= 15 is 0 Å². The highest BCUT2D eigenvalue weighted by atomic mass is 127. The van der Waals surface area contributed by atoms with Gasteiger partial charge in [0, 0.05) is 15.8 Å². The molecule has 1 aromatic heterocycles. The van der Waals surface area contributed by atoms with Crippen LogP contribution in [0.2, 0.25) is 0 Å². The first kappa shape index (κ1) is 11.8. The fourth-order valence-electron chi connectivity index (χ4n) is 1.22. The molecule has 2 aromatic rings. The van der Waals surface area contributed by atoms with E-state index < -0.39 is 5.97 Å². The molecule has 4 nitrogen and oxygen atoms in total. The van der Waals surface area contributed by atoms with Crippen molar-refractivity contribution in [2.75, 3.05) is 0 Å². The molecule has 1 N–H and O–H groups in total. The first-order chi connectivity index (χ1) is 8.15. The van der Waals surface area contributed by atoms with E-state index in [1.54, 1.807) is 12.1 Å². The second-order valence-electron chi connectivity index (χ2n) is 3.24. The van der Waals surface area contributed by atoms with Crippen LogP contribution < -0.4 is 4.74 Å². The van der Waals surface area contributed by atoms with Crippen molar-refractivity contribution in [2.24, 2.45) is 0 Å². The Labute approximate surface area is 111 Å². The van der Waals surface area contributed by atoms with Crippen LogP contribution in [0.4, 0.5) is 0 Å². The number of pyridine rings is 1. The van der Waals surface area contributed by atoms with Crippen LogP contribution in [0.1, 0.15) is 10.4 Å². The lowest BCUT2D eigenvalue weighted by Crippen LogP contribution is -1.97. The molecule has 5 heteroatoms. The van der Waals surface area contributed by atoms with Crippen LogP contribution in [-0.2, 0) is 0 Å². The van der Waals surface area contributed by atoms with Crippen molar-refractivity contribution >= 4 is 28.6 Å². The molecule has 17 heavy (non-hydrogen) atoms. The van der Waals surface area contributed by atoms with E-state index in [0.717, 1.165) is 3.57 Å². The molecule has 2 rings (SSSR count). The molecular weight excluding hydrogens is 333 g/mol. The van der Waals surface area contributed by atoms with E-state index in [1.807, 2.05) is 12.1 Å². The smallest absolute Gasteiger partial charge is 0.335 e. The second-order valence-corrected chi connectivity index (χ2v) is 4.49. The Morgan fingerprint density at radius 3 is 2.59 bits per heavy atom. The zero-order chi connectivity index (χ0) is 12.3. The number of ether oxygens (including phenoxy) is 1. The molecule has 1 heterocycles. The summed E-state index contributed by atoms with van der Waals surface area (Å²) < 4.78 is 6.55. The summed E-state index contributed by atoms with van der Waals surface area (Å²) >= 11 is 2.19. The Balaban J connectivity index is 2.21. The van der Waals surface area contributed by atoms with Crippen LogP contribution in [-0.4, -0.2) is 16.1 Å². The number of carboxylic acids is 1. The van der Waals surface area contributed by atoms with Crippen molar-refractivity contribution < 1.29 is 14.6 Å². The van der Waals surface area contributed by atoms with Crippen molar-refractivity contribution in [3.05, 3.63) is 51.7 Å². The Morgan fingerprint density at radius 1 is 1.24 bits per heavy atom. The summed E-state index contributed by atoms with van der Waals surface area (Å²) in [5.74, 6) is -0.105. The van der Waals surface area contributed by atoms with Crippen LogP contribution >= 0.6 is 22.6 Å². The first-order valence-electron chi connectivity index (χ1n) is 4.78. The van der Waals surface area contributed by atoms with Crippen molar-refractivity contribution in [3.8, 4) is 11.6 Å². The van der Waals surface area contributed by atoms with Gasteiger partial charge in [0.1, 0.15) is 5.75 Å². The molecule has 0 radical (unpaired) electrons. The average Bonchev–Trinajstić information content (AvgIpc) is 2.32. The normalized spacial score (nSPS) is 9.94. The molecule has 0 atom stereocenters. The molecular formula is C12H8INO3. The molecule has 0 amide bonds. The van der Waals surface area contributed by atoms with E-state index in [9.17, 15) is 4.79 Å². The van der Waals surface area contributed by atoms with E-state index in [0.29, 0.717) is 5.75 Å². The zero-order valence-electron chi connectivity index (χ0n) is 8.63. The minimum atomic E-state index is -1.00. The molecule has 0 aliphatic carbocycles. The number of benzene rings is 1. The molecule has 86 valence electrons. The third kappa shape index (κ3) is 3.16. The van der Waals surface area contributed by atoms with Gasteiger partial charge in [0.2, 0.25) is 5.88 Å². The van der Waals surface area contributed by atoms with Gasteiger partial charge in [-0.1, -0.05) is 0 Å². The van der Waals surface area contributed by atoms with Gasteiger partial charge in [-0.25, -0.2) is 9.78 Å². The van der Waals surface area contributed by atoms with E-state index in [-0.39, 0.29) is 11.4 Å². The second kappa shape index (κ2) is 5.13. The summed E-state index contributed by atoms with van der Waals surface area (Å²) in [6.07, 6.45) is 1.41. The quantitative estimate of drug-likeness (QED) is 0.872. The van der Waals surface area contributed by atoms with Gasteiger partial charge in [-0.05, 0) is 52.9 Å². The van der Waals surface area contributed by atoms with Gasteiger partial charge in [0.25, 0.3) is 0 Å². The first-order valence-corrected chi connectivity index (χ1v) is 5.86. The van der Waals surface area contributed by atoms with Crippen LogP contribution in [0, 0.1) is 3.57 Å². The highest BCUT2D eigenvalue weighted by molar-refractivity contribution is 14.1. The Morgan fingerprint density at radius 2 is 1.94 bits per heavy atom. The Kier molecular flexibility index (Phi) is 3.58. The van der Waals surface area contributed by atoms with E-state index in [4.69, 9.17) is 9.84 Å². The van der Waals surface area contributed by atoms with Gasteiger partial charge in [-0.2, -0.15) is 0 Å². The monoisotopic (exact) mass is 341 g/mol. The van der Waals surface area contributed by atoms with Gasteiger partial charge in [0.15, 0.2) is 0 Å². The topological polar surface area (TPSA) is 59.4 Å². The number of hydrogen-bond acceptors (Lipinski definition) is 3. The van der Waals surface area contributed by atoms with Gasteiger partial charge >= 0.3 is 5.97 Å². The predicted molar refractivity (Wildman–Crippen MR) is 70.4 cm³/mol. The third-order valence-electron chi connectivity index (χ3n) is 2.02. The zero-order valence-corrected chi connectivity index (χ0v) is 10.8. The lowest BCUT2D eigenvalue weighted by atomic mass is 10.3. The maximum atomic E-state index is 10.8. The number of rotatable bonds is 3. The van der Waals surface area contributed by atoms with Crippen LogP contribution in [0.25, 0.3) is 0 Å².